The lowest BCUT2D eigenvalue weighted by Gasteiger charge is -2.29. The maximum Gasteiger partial charge on any atom is 0.250 e. The third-order valence-electron chi connectivity index (χ3n) is 6.64. The number of aromatic nitrogens is 2. The van der Waals surface area contributed by atoms with Crippen molar-refractivity contribution in [3.63, 3.8) is 0 Å². The summed E-state index contributed by atoms with van der Waals surface area (Å²) in [4.78, 5) is 22.0. The van der Waals surface area contributed by atoms with Gasteiger partial charge in [-0.1, -0.05) is 18.2 Å². The van der Waals surface area contributed by atoms with Gasteiger partial charge in [-0.15, -0.1) is 0 Å². The number of rotatable bonds is 5. The second-order valence-electron chi connectivity index (χ2n) is 9.09. The van der Waals surface area contributed by atoms with Gasteiger partial charge in [-0.2, -0.15) is 5.26 Å². The monoisotopic (exact) mass is 491 g/mol. The highest BCUT2D eigenvalue weighted by Crippen LogP contribution is 2.43. The van der Waals surface area contributed by atoms with Crippen LogP contribution in [0.2, 0.25) is 0 Å². The van der Waals surface area contributed by atoms with Gasteiger partial charge in [0.25, 0.3) is 0 Å². The Morgan fingerprint density at radius 3 is 2.76 bits per heavy atom. The lowest BCUT2D eigenvalue weighted by atomic mass is 9.96. The van der Waals surface area contributed by atoms with Crippen molar-refractivity contribution in [2.24, 2.45) is 0 Å². The number of nitrogens with one attached hydrogen (secondary N) is 2. The van der Waals surface area contributed by atoms with Crippen LogP contribution in [-0.4, -0.2) is 36.3 Å². The number of ether oxygens (including phenoxy) is 2. The third-order valence-corrected chi connectivity index (χ3v) is 6.64. The Morgan fingerprint density at radius 1 is 1.03 bits per heavy atom. The van der Waals surface area contributed by atoms with E-state index in [1.165, 1.54) is 0 Å². The van der Waals surface area contributed by atoms with E-state index < -0.39 is 0 Å². The highest BCUT2D eigenvalue weighted by Gasteiger charge is 2.22. The number of anilines is 2. The highest BCUT2D eigenvalue weighted by molar-refractivity contribution is 5.74. The first-order valence-corrected chi connectivity index (χ1v) is 12.3. The van der Waals surface area contributed by atoms with Gasteiger partial charge < -0.3 is 24.7 Å². The molecule has 2 N–H and O–H groups in total. The summed E-state index contributed by atoms with van der Waals surface area (Å²) in [5, 5.41) is 12.5. The second-order valence-corrected chi connectivity index (χ2v) is 9.09. The minimum Gasteiger partial charge on any atom is -0.456 e. The molecule has 2 aromatic carbocycles. The zero-order valence-corrected chi connectivity index (χ0v) is 20.2. The molecule has 2 aromatic heterocycles. The molecule has 2 aliphatic heterocycles. The van der Waals surface area contributed by atoms with Gasteiger partial charge in [0.2, 0.25) is 5.56 Å². The SMILES string of the molecule is N#Cc1cccc(CNc2ccc3c(c2)Cc2cccc(-c4cc(N5CCOCC5)cc(=O)[nH]4)c2O3)n1. The summed E-state index contributed by atoms with van der Waals surface area (Å²) in [5.74, 6) is 1.56. The Hall–Kier alpha value is -4.61. The number of aromatic amines is 1. The lowest BCUT2D eigenvalue weighted by molar-refractivity contribution is 0.122. The molecule has 1 saturated heterocycles. The van der Waals surface area contributed by atoms with Gasteiger partial charge in [0.15, 0.2) is 0 Å². The Bertz CT molecular complexity index is 1570. The van der Waals surface area contributed by atoms with E-state index in [1.807, 2.05) is 42.5 Å². The normalized spacial score (nSPS) is 14.2. The number of benzene rings is 2. The van der Waals surface area contributed by atoms with Crippen LogP contribution in [0.5, 0.6) is 11.5 Å². The summed E-state index contributed by atoms with van der Waals surface area (Å²) in [6.07, 6.45) is 0.712. The standard InChI is InChI=1S/C29H25N5O3/c30-17-22-4-2-5-23(32-22)18-31-21-7-8-27-20(14-21)13-19-3-1-6-25(29(19)37-27)26-15-24(16-28(35)33-26)34-9-11-36-12-10-34/h1-8,14-16,31H,9-13,18H2,(H,33,35). The first kappa shape index (κ1) is 22.8. The first-order chi connectivity index (χ1) is 18.2. The molecule has 0 unspecified atom stereocenters. The maximum absolute atomic E-state index is 12.5. The van der Waals surface area contributed by atoms with E-state index in [2.05, 4.69) is 38.4 Å². The van der Waals surface area contributed by atoms with Crippen LogP contribution >= 0.6 is 0 Å². The van der Waals surface area contributed by atoms with Crippen molar-refractivity contribution in [1.29, 1.82) is 5.26 Å². The van der Waals surface area contributed by atoms with E-state index in [0.717, 1.165) is 64.0 Å². The zero-order chi connectivity index (χ0) is 25.2. The first-order valence-electron chi connectivity index (χ1n) is 12.3. The summed E-state index contributed by atoms with van der Waals surface area (Å²) >= 11 is 0. The van der Waals surface area contributed by atoms with Crippen molar-refractivity contribution in [3.8, 4) is 28.8 Å². The topological polar surface area (TPSA) is 103 Å². The smallest absolute Gasteiger partial charge is 0.250 e. The summed E-state index contributed by atoms with van der Waals surface area (Å²) in [6, 6.07) is 23.2. The maximum atomic E-state index is 12.5. The van der Waals surface area contributed by atoms with Crippen LogP contribution < -0.4 is 20.5 Å². The Labute approximate surface area is 214 Å². The zero-order valence-electron chi connectivity index (χ0n) is 20.2. The lowest BCUT2D eigenvalue weighted by Crippen LogP contribution is -2.36. The molecular formula is C29H25N5O3. The molecule has 0 saturated carbocycles. The molecule has 184 valence electrons. The molecule has 8 nitrogen and oxygen atoms in total. The third kappa shape index (κ3) is 4.77. The molecule has 37 heavy (non-hydrogen) atoms. The van der Waals surface area contributed by atoms with E-state index in [-0.39, 0.29) is 5.56 Å². The van der Waals surface area contributed by atoms with Gasteiger partial charge in [0.1, 0.15) is 23.3 Å². The average Bonchev–Trinajstić information content (AvgIpc) is 2.95. The van der Waals surface area contributed by atoms with Gasteiger partial charge in [-0.25, -0.2) is 4.98 Å². The van der Waals surface area contributed by atoms with Crippen LogP contribution in [0.3, 0.4) is 0 Å². The molecule has 2 aliphatic rings. The van der Waals surface area contributed by atoms with Crippen molar-refractivity contribution in [1.82, 2.24) is 9.97 Å². The number of nitriles is 1. The van der Waals surface area contributed by atoms with Crippen LogP contribution in [0, 0.1) is 11.3 Å². The predicted octanol–water partition coefficient (Wildman–Crippen LogP) is 4.45. The van der Waals surface area contributed by atoms with Crippen LogP contribution in [-0.2, 0) is 17.7 Å². The summed E-state index contributed by atoms with van der Waals surface area (Å²) < 4.78 is 11.9. The van der Waals surface area contributed by atoms with E-state index in [0.29, 0.717) is 31.9 Å². The van der Waals surface area contributed by atoms with Crippen molar-refractivity contribution in [2.45, 2.75) is 13.0 Å². The minimum atomic E-state index is -0.140. The Morgan fingerprint density at radius 2 is 1.89 bits per heavy atom. The molecule has 0 atom stereocenters. The van der Waals surface area contributed by atoms with Gasteiger partial charge in [-0.3, -0.25) is 4.79 Å². The Balaban J connectivity index is 1.25. The number of H-pyrrole nitrogens is 1. The number of fused-ring (bicyclic) bond motifs is 2. The molecule has 0 spiro atoms. The fourth-order valence-electron chi connectivity index (χ4n) is 4.81. The number of pyridine rings is 2. The van der Waals surface area contributed by atoms with Crippen LogP contribution in [0.4, 0.5) is 11.4 Å². The van der Waals surface area contributed by atoms with E-state index >= 15 is 0 Å². The van der Waals surface area contributed by atoms with Crippen molar-refractivity contribution in [3.05, 3.63) is 99.6 Å². The summed E-state index contributed by atoms with van der Waals surface area (Å²) in [6.45, 7) is 3.35. The van der Waals surface area contributed by atoms with Crippen LogP contribution in [0.1, 0.15) is 22.5 Å². The molecular weight excluding hydrogens is 466 g/mol. The molecule has 0 radical (unpaired) electrons. The number of nitrogens with zero attached hydrogens (tertiary/aromatic N) is 3. The quantitative estimate of drug-likeness (QED) is 0.374. The van der Waals surface area contributed by atoms with Crippen molar-refractivity contribution < 1.29 is 9.47 Å². The van der Waals surface area contributed by atoms with Gasteiger partial charge in [0, 0.05) is 48.1 Å². The molecule has 0 amide bonds. The van der Waals surface area contributed by atoms with E-state index in [9.17, 15) is 4.79 Å². The van der Waals surface area contributed by atoms with Gasteiger partial charge >= 0.3 is 0 Å². The molecule has 4 heterocycles. The van der Waals surface area contributed by atoms with Crippen molar-refractivity contribution in [2.75, 3.05) is 36.5 Å². The number of morpholine rings is 1. The summed E-state index contributed by atoms with van der Waals surface area (Å²) in [5.41, 5.74) is 6.64. The number of hydrogen-bond acceptors (Lipinski definition) is 7. The molecule has 1 fully saturated rings. The number of hydrogen-bond donors (Lipinski definition) is 2. The molecule has 6 rings (SSSR count). The second kappa shape index (κ2) is 9.80. The Kier molecular flexibility index (Phi) is 6.05. The molecule has 8 heteroatoms. The fourth-order valence-corrected chi connectivity index (χ4v) is 4.81. The largest absolute Gasteiger partial charge is 0.456 e. The fraction of sp³-hybridized carbons (Fsp3) is 0.207. The number of para-hydroxylation sites is 1. The van der Waals surface area contributed by atoms with Gasteiger partial charge in [0.05, 0.1) is 31.1 Å². The van der Waals surface area contributed by atoms with Crippen LogP contribution in [0.15, 0.2) is 71.5 Å². The molecule has 0 aliphatic carbocycles. The van der Waals surface area contributed by atoms with E-state index in [4.69, 9.17) is 14.7 Å². The molecule has 0 bridgehead atoms. The predicted molar refractivity (Wildman–Crippen MR) is 141 cm³/mol. The minimum absolute atomic E-state index is 0.140. The van der Waals surface area contributed by atoms with E-state index in [1.54, 1.807) is 12.1 Å². The van der Waals surface area contributed by atoms with Crippen molar-refractivity contribution >= 4 is 11.4 Å². The van der Waals surface area contributed by atoms with Gasteiger partial charge in [-0.05, 0) is 48.0 Å². The summed E-state index contributed by atoms with van der Waals surface area (Å²) in [7, 11) is 0. The van der Waals surface area contributed by atoms with Crippen LogP contribution in [0.25, 0.3) is 11.3 Å². The molecule has 4 aromatic rings. The highest BCUT2D eigenvalue weighted by atomic mass is 16.5. The average molecular weight is 492 g/mol.